The van der Waals surface area contributed by atoms with Crippen LogP contribution >= 0.6 is 0 Å². The highest BCUT2D eigenvalue weighted by Gasteiger charge is 2.19. The fourth-order valence-corrected chi connectivity index (χ4v) is 3.44. The summed E-state index contributed by atoms with van der Waals surface area (Å²) >= 11 is 0. The molecule has 0 spiro atoms. The van der Waals surface area contributed by atoms with E-state index in [2.05, 4.69) is 25.2 Å². The number of carbonyl (C=O) groups is 1. The molecule has 3 heterocycles. The summed E-state index contributed by atoms with van der Waals surface area (Å²) in [7, 11) is 0. The van der Waals surface area contributed by atoms with Crippen molar-refractivity contribution in [2.24, 2.45) is 0 Å². The molecule has 0 radical (unpaired) electrons. The van der Waals surface area contributed by atoms with Gasteiger partial charge < -0.3 is 14.4 Å². The van der Waals surface area contributed by atoms with Crippen LogP contribution in [0.2, 0.25) is 0 Å². The third-order valence-electron chi connectivity index (χ3n) is 4.75. The SMILES string of the molecule is Cc1noc(C)c1C(=O)Nc1cccc(-c2nnc3n2CCCCC3)c1. The second kappa shape index (κ2) is 6.74. The maximum absolute atomic E-state index is 12.5. The van der Waals surface area contributed by atoms with E-state index in [-0.39, 0.29) is 5.91 Å². The van der Waals surface area contributed by atoms with Gasteiger partial charge in [-0.15, -0.1) is 10.2 Å². The average molecular weight is 351 g/mol. The van der Waals surface area contributed by atoms with E-state index < -0.39 is 0 Å². The molecule has 0 fully saturated rings. The normalized spacial score (nSPS) is 13.9. The van der Waals surface area contributed by atoms with E-state index in [4.69, 9.17) is 4.52 Å². The lowest BCUT2D eigenvalue weighted by Gasteiger charge is -2.09. The Morgan fingerprint density at radius 3 is 2.88 bits per heavy atom. The second-order valence-electron chi connectivity index (χ2n) is 6.64. The van der Waals surface area contributed by atoms with E-state index in [1.54, 1.807) is 13.8 Å². The van der Waals surface area contributed by atoms with Gasteiger partial charge in [0, 0.05) is 24.2 Å². The van der Waals surface area contributed by atoms with Crippen LogP contribution in [-0.2, 0) is 13.0 Å². The van der Waals surface area contributed by atoms with Crippen LogP contribution in [0.15, 0.2) is 28.8 Å². The van der Waals surface area contributed by atoms with Gasteiger partial charge in [-0.25, -0.2) is 0 Å². The quantitative estimate of drug-likeness (QED) is 0.780. The molecule has 0 saturated carbocycles. The molecule has 0 unspecified atom stereocenters. The maximum Gasteiger partial charge on any atom is 0.261 e. The molecular formula is C19H21N5O2. The molecule has 7 nitrogen and oxygen atoms in total. The Bertz CT molecular complexity index is 937. The minimum Gasteiger partial charge on any atom is -0.361 e. The van der Waals surface area contributed by atoms with Gasteiger partial charge in [0.25, 0.3) is 5.91 Å². The lowest BCUT2D eigenvalue weighted by molar-refractivity contribution is 0.102. The molecule has 3 aromatic rings. The standard InChI is InChI=1S/C19H21N5O2/c1-12-17(13(2)26-23-12)19(25)20-15-8-6-7-14(11-15)18-22-21-16-9-4-3-5-10-24(16)18/h6-8,11H,3-5,9-10H2,1-2H3,(H,20,25). The lowest BCUT2D eigenvalue weighted by Crippen LogP contribution is -2.13. The molecule has 0 bridgehead atoms. The van der Waals surface area contributed by atoms with Crippen molar-refractivity contribution in [2.45, 2.75) is 46.1 Å². The Hall–Kier alpha value is -2.96. The predicted molar refractivity (Wildman–Crippen MR) is 96.9 cm³/mol. The summed E-state index contributed by atoms with van der Waals surface area (Å²) in [5, 5.41) is 15.5. The van der Waals surface area contributed by atoms with Gasteiger partial charge in [0.05, 0.1) is 5.69 Å². The van der Waals surface area contributed by atoms with Gasteiger partial charge in [-0.1, -0.05) is 23.7 Å². The summed E-state index contributed by atoms with van der Waals surface area (Å²) < 4.78 is 7.28. The van der Waals surface area contributed by atoms with Crippen LogP contribution in [-0.4, -0.2) is 25.8 Å². The Kier molecular flexibility index (Phi) is 4.28. The zero-order valence-corrected chi connectivity index (χ0v) is 15.0. The number of aryl methyl sites for hydroxylation is 3. The van der Waals surface area contributed by atoms with Crippen LogP contribution in [0.1, 0.15) is 46.9 Å². The molecule has 2 aromatic heterocycles. The van der Waals surface area contributed by atoms with E-state index in [0.717, 1.165) is 43.0 Å². The summed E-state index contributed by atoms with van der Waals surface area (Å²) in [6.45, 7) is 4.43. The summed E-state index contributed by atoms with van der Waals surface area (Å²) in [6.07, 6.45) is 4.48. The molecule has 1 aliphatic rings. The van der Waals surface area contributed by atoms with Crippen molar-refractivity contribution in [3.05, 3.63) is 47.1 Å². The Morgan fingerprint density at radius 1 is 1.19 bits per heavy atom. The number of anilines is 1. The predicted octanol–water partition coefficient (Wildman–Crippen LogP) is 3.53. The van der Waals surface area contributed by atoms with Gasteiger partial charge in [0.2, 0.25) is 0 Å². The van der Waals surface area contributed by atoms with E-state index >= 15 is 0 Å². The number of hydrogen-bond donors (Lipinski definition) is 1. The molecule has 1 amide bonds. The first-order chi connectivity index (χ1) is 12.6. The van der Waals surface area contributed by atoms with Crippen LogP contribution in [0.4, 0.5) is 5.69 Å². The number of benzene rings is 1. The van der Waals surface area contributed by atoms with Gasteiger partial charge in [0.1, 0.15) is 17.1 Å². The Morgan fingerprint density at radius 2 is 2.08 bits per heavy atom. The van der Waals surface area contributed by atoms with Crippen molar-refractivity contribution in [2.75, 3.05) is 5.32 Å². The zero-order chi connectivity index (χ0) is 18.1. The van der Waals surface area contributed by atoms with Crippen molar-refractivity contribution in [3.63, 3.8) is 0 Å². The summed E-state index contributed by atoms with van der Waals surface area (Å²) in [5.74, 6) is 2.19. The van der Waals surface area contributed by atoms with E-state index in [1.807, 2.05) is 24.3 Å². The highest BCUT2D eigenvalue weighted by atomic mass is 16.5. The van der Waals surface area contributed by atoms with Crippen molar-refractivity contribution in [3.8, 4) is 11.4 Å². The third-order valence-corrected chi connectivity index (χ3v) is 4.75. The first kappa shape index (κ1) is 16.5. The number of fused-ring (bicyclic) bond motifs is 1. The van der Waals surface area contributed by atoms with E-state index in [0.29, 0.717) is 22.7 Å². The van der Waals surface area contributed by atoms with Gasteiger partial charge in [-0.05, 0) is 38.8 Å². The number of rotatable bonds is 3. The minimum absolute atomic E-state index is 0.224. The first-order valence-corrected chi connectivity index (χ1v) is 8.90. The molecule has 26 heavy (non-hydrogen) atoms. The van der Waals surface area contributed by atoms with E-state index in [1.165, 1.54) is 6.42 Å². The topological polar surface area (TPSA) is 85.8 Å². The van der Waals surface area contributed by atoms with Gasteiger partial charge in [0.15, 0.2) is 5.82 Å². The van der Waals surface area contributed by atoms with E-state index in [9.17, 15) is 4.79 Å². The number of aromatic nitrogens is 4. The van der Waals surface area contributed by atoms with Gasteiger partial charge in [-0.2, -0.15) is 0 Å². The highest BCUT2D eigenvalue weighted by molar-refractivity contribution is 6.05. The monoisotopic (exact) mass is 351 g/mol. The molecule has 0 aliphatic carbocycles. The van der Waals surface area contributed by atoms with Crippen molar-refractivity contribution >= 4 is 11.6 Å². The third kappa shape index (κ3) is 3.00. The molecule has 1 aromatic carbocycles. The van der Waals surface area contributed by atoms with Crippen LogP contribution in [0.5, 0.6) is 0 Å². The molecule has 1 aliphatic heterocycles. The number of amides is 1. The lowest BCUT2D eigenvalue weighted by atomic mass is 10.1. The number of nitrogens with one attached hydrogen (secondary N) is 1. The molecule has 0 atom stereocenters. The minimum atomic E-state index is -0.224. The highest BCUT2D eigenvalue weighted by Crippen LogP contribution is 2.25. The van der Waals surface area contributed by atoms with Crippen molar-refractivity contribution in [1.82, 2.24) is 19.9 Å². The zero-order valence-electron chi connectivity index (χ0n) is 15.0. The number of carbonyl (C=O) groups excluding carboxylic acids is 1. The molecule has 134 valence electrons. The Balaban J connectivity index is 1.62. The number of hydrogen-bond acceptors (Lipinski definition) is 5. The molecule has 0 saturated heterocycles. The Labute approximate surface area is 151 Å². The van der Waals surface area contributed by atoms with Crippen molar-refractivity contribution < 1.29 is 9.32 Å². The molecule has 1 N–H and O–H groups in total. The number of nitrogens with zero attached hydrogens (tertiary/aromatic N) is 4. The second-order valence-corrected chi connectivity index (χ2v) is 6.64. The van der Waals surface area contributed by atoms with Gasteiger partial charge in [-0.3, -0.25) is 4.79 Å². The largest absolute Gasteiger partial charge is 0.361 e. The fraction of sp³-hybridized carbons (Fsp3) is 0.368. The molecular weight excluding hydrogens is 330 g/mol. The van der Waals surface area contributed by atoms with Crippen LogP contribution in [0.25, 0.3) is 11.4 Å². The first-order valence-electron chi connectivity index (χ1n) is 8.90. The van der Waals surface area contributed by atoms with Crippen LogP contribution in [0.3, 0.4) is 0 Å². The van der Waals surface area contributed by atoms with Crippen LogP contribution in [0, 0.1) is 13.8 Å². The molecule has 4 rings (SSSR count). The summed E-state index contributed by atoms with van der Waals surface area (Å²) in [6, 6.07) is 7.70. The summed E-state index contributed by atoms with van der Waals surface area (Å²) in [4.78, 5) is 12.5. The molecule has 7 heteroatoms. The van der Waals surface area contributed by atoms with Crippen molar-refractivity contribution in [1.29, 1.82) is 0 Å². The fourth-order valence-electron chi connectivity index (χ4n) is 3.44. The summed E-state index contributed by atoms with van der Waals surface area (Å²) in [5.41, 5.74) is 2.71. The smallest absolute Gasteiger partial charge is 0.261 e. The van der Waals surface area contributed by atoms with Crippen LogP contribution < -0.4 is 5.32 Å². The van der Waals surface area contributed by atoms with Gasteiger partial charge >= 0.3 is 0 Å². The average Bonchev–Trinajstić information content (AvgIpc) is 3.09. The maximum atomic E-state index is 12.5.